The third-order valence-corrected chi connectivity index (χ3v) is 4.95. The lowest BCUT2D eigenvalue weighted by atomic mass is 9.86. The SMILES string of the molecule is CC(C)(C)c1ccc(C[C@@H]2CCCN2C(=O)c2ccccc2)cc1. The number of hydrogen-bond acceptors (Lipinski definition) is 1. The maximum absolute atomic E-state index is 12.8. The van der Waals surface area contributed by atoms with Gasteiger partial charge >= 0.3 is 0 Å². The zero-order chi connectivity index (χ0) is 17.2. The Balaban J connectivity index is 1.71. The molecular weight excluding hydrogens is 294 g/mol. The molecule has 1 saturated heterocycles. The van der Waals surface area contributed by atoms with E-state index < -0.39 is 0 Å². The van der Waals surface area contributed by atoms with Crippen molar-refractivity contribution in [1.82, 2.24) is 4.90 Å². The highest BCUT2D eigenvalue weighted by atomic mass is 16.2. The third-order valence-electron chi connectivity index (χ3n) is 4.95. The quantitative estimate of drug-likeness (QED) is 0.793. The van der Waals surface area contributed by atoms with Gasteiger partial charge in [0.15, 0.2) is 0 Å². The molecule has 0 radical (unpaired) electrons. The number of benzene rings is 2. The number of carbonyl (C=O) groups is 1. The molecule has 1 amide bonds. The molecular formula is C22H27NO. The number of hydrogen-bond donors (Lipinski definition) is 0. The Morgan fingerprint density at radius 2 is 1.71 bits per heavy atom. The monoisotopic (exact) mass is 321 g/mol. The Bertz CT molecular complexity index is 682. The molecule has 0 spiro atoms. The van der Waals surface area contributed by atoms with E-state index in [0.29, 0.717) is 6.04 Å². The minimum atomic E-state index is 0.171. The smallest absolute Gasteiger partial charge is 0.254 e. The van der Waals surface area contributed by atoms with Gasteiger partial charge in [-0.15, -0.1) is 0 Å². The van der Waals surface area contributed by atoms with Crippen molar-refractivity contribution in [2.45, 2.75) is 51.5 Å². The molecule has 1 aliphatic heterocycles. The first-order valence-electron chi connectivity index (χ1n) is 8.90. The van der Waals surface area contributed by atoms with Crippen molar-refractivity contribution in [1.29, 1.82) is 0 Å². The van der Waals surface area contributed by atoms with E-state index in [4.69, 9.17) is 0 Å². The highest BCUT2D eigenvalue weighted by molar-refractivity contribution is 5.94. The van der Waals surface area contributed by atoms with Crippen molar-refractivity contribution >= 4 is 5.91 Å². The largest absolute Gasteiger partial charge is 0.335 e. The standard InChI is InChI=1S/C22H27NO/c1-22(2,3)19-13-11-17(12-14-19)16-20-10-7-15-23(20)21(24)18-8-5-4-6-9-18/h4-6,8-9,11-14,20H,7,10,15-16H2,1-3H3/t20-/m0/s1. The summed E-state index contributed by atoms with van der Waals surface area (Å²) in [6, 6.07) is 18.9. The molecule has 0 saturated carbocycles. The van der Waals surface area contributed by atoms with E-state index in [1.165, 1.54) is 11.1 Å². The van der Waals surface area contributed by atoms with E-state index in [0.717, 1.165) is 31.4 Å². The molecule has 1 heterocycles. The summed E-state index contributed by atoms with van der Waals surface area (Å²) in [6.07, 6.45) is 3.14. The van der Waals surface area contributed by atoms with Crippen LogP contribution in [0.2, 0.25) is 0 Å². The molecule has 0 aromatic heterocycles. The second kappa shape index (κ2) is 6.80. The van der Waals surface area contributed by atoms with Crippen LogP contribution in [0.25, 0.3) is 0 Å². The van der Waals surface area contributed by atoms with Crippen molar-refractivity contribution in [2.75, 3.05) is 6.54 Å². The molecule has 0 unspecified atom stereocenters. The lowest BCUT2D eigenvalue weighted by molar-refractivity contribution is 0.0736. The van der Waals surface area contributed by atoms with Crippen LogP contribution in [0.4, 0.5) is 0 Å². The van der Waals surface area contributed by atoms with E-state index in [2.05, 4.69) is 49.9 Å². The molecule has 2 nitrogen and oxygen atoms in total. The fourth-order valence-electron chi connectivity index (χ4n) is 3.47. The average molecular weight is 321 g/mol. The second-order valence-electron chi connectivity index (χ2n) is 7.81. The summed E-state index contributed by atoms with van der Waals surface area (Å²) in [5.74, 6) is 0.171. The van der Waals surface area contributed by atoms with Crippen LogP contribution in [0.1, 0.15) is 55.1 Å². The Morgan fingerprint density at radius 3 is 2.33 bits per heavy atom. The average Bonchev–Trinajstić information content (AvgIpc) is 3.03. The highest BCUT2D eigenvalue weighted by Crippen LogP contribution is 2.26. The minimum Gasteiger partial charge on any atom is -0.335 e. The highest BCUT2D eigenvalue weighted by Gasteiger charge is 2.29. The van der Waals surface area contributed by atoms with Crippen molar-refractivity contribution < 1.29 is 4.79 Å². The zero-order valence-electron chi connectivity index (χ0n) is 15.0. The van der Waals surface area contributed by atoms with Gasteiger partial charge in [0, 0.05) is 18.2 Å². The number of carbonyl (C=O) groups excluding carboxylic acids is 1. The van der Waals surface area contributed by atoms with Gasteiger partial charge in [0.2, 0.25) is 0 Å². The van der Waals surface area contributed by atoms with Gasteiger partial charge in [0.1, 0.15) is 0 Å². The first-order chi connectivity index (χ1) is 11.4. The molecule has 126 valence electrons. The first kappa shape index (κ1) is 16.8. The Kier molecular flexibility index (Phi) is 4.75. The van der Waals surface area contributed by atoms with Gasteiger partial charge in [0.25, 0.3) is 5.91 Å². The minimum absolute atomic E-state index is 0.171. The number of rotatable bonds is 3. The van der Waals surface area contributed by atoms with Gasteiger partial charge in [-0.3, -0.25) is 4.79 Å². The van der Waals surface area contributed by atoms with Crippen molar-refractivity contribution in [3.63, 3.8) is 0 Å². The second-order valence-corrected chi connectivity index (χ2v) is 7.81. The maximum Gasteiger partial charge on any atom is 0.254 e. The van der Waals surface area contributed by atoms with Crippen molar-refractivity contribution in [3.05, 3.63) is 71.3 Å². The summed E-state index contributed by atoms with van der Waals surface area (Å²) in [5, 5.41) is 0. The normalized spacial score (nSPS) is 18.0. The molecule has 1 fully saturated rings. The fourth-order valence-corrected chi connectivity index (χ4v) is 3.47. The molecule has 0 bridgehead atoms. The van der Waals surface area contributed by atoms with E-state index in [-0.39, 0.29) is 11.3 Å². The molecule has 2 aromatic rings. The molecule has 2 aromatic carbocycles. The van der Waals surface area contributed by atoms with Gasteiger partial charge < -0.3 is 4.90 Å². The first-order valence-corrected chi connectivity index (χ1v) is 8.90. The Labute approximate surface area is 145 Å². The Hall–Kier alpha value is -2.09. The fraction of sp³-hybridized carbons (Fsp3) is 0.409. The van der Waals surface area contributed by atoms with E-state index in [1.807, 2.05) is 30.3 Å². The molecule has 0 N–H and O–H groups in total. The van der Waals surface area contributed by atoms with Crippen molar-refractivity contribution in [3.8, 4) is 0 Å². The van der Waals surface area contributed by atoms with Crippen LogP contribution < -0.4 is 0 Å². The van der Waals surface area contributed by atoms with Crippen LogP contribution in [-0.2, 0) is 11.8 Å². The Morgan fingerprint density at radius 1 is 1.04 bits per heavy atom. The zero-order valence-corrected chi connectivity index (χ0v) is 15.0. The number of likely N-dealkylation sites (tertiary alicyclic amines) is 1. The van der Waals surface area contributed by atoms with Gasteiger partial charge in [0.05, 0.1) is 0 Å². The summed E-state index contributed by atoms with van der Waals surface area (Å²) < 4.78 is 0. The summed E-state index contributed by atoms with van der Waals surface area (Å²) in [5.41, 5.74) is 3.66. The predicted octanol–water partition coefficient (Wildman–Crippen LogP) is 4.83. The molecule has 1 aliphatic rings. The van der Waals surface area contributed by atoms with E-state index in [9.17, 15) is 4.79 Å². The van der Waals surface area contributed by atoms with Crippen LogP contribution in [-0.4, -0.2) is 23.4 Å². The van der Waals surface area contributed by atoms with Gasteiger partial charge in [-0.25, -0.2) is 0 Å². The summed E-state index contributed by atoms with van der Waals surface area (Å²) >= 11 is 0. The topological polar surface area (TPSA) is 20.3 Å². The predicted molar refractivity (Wildman–Crippen MR) is 99.3 cm³/mol. The number of amides is 1. The molecule has 1 atom stereocenters. The van der Waals surface area contributed by atoms with Gasteiger partial charge in [-0.2, -0.15) is 0 Å². The number of nitrogens with zero attached hydrogens (tertiary/aromatic N) is 1. The molecule has 24 heavy (non-hydrogen) atoms. The third kappa shape index (κ3) is 3.69. The summed E-state index contributed by atoms with van der Waals surface area (Å²) in [7, 11) is 0. The molecule has 0 aliphatic carbocycles. The van der Waals surface area contributed by atoms with Crippen LogP contribution >= 0.6 is 0 Å². The van der Waals surface area contributed by atoms with Gasteiger partial charge in [-0.1, -0.05) is 63.2 Å². The molecule has 3 rings (SSSR count). The van der Waals surface area contributed by atoms with Crippen LogP contribution in [0.15, 0.2) is 54.6 Å². The maximum atomic E-state index is 12.8. The van der Waals surface area contributed by atoms with E-state index >= 15 is 0 Å². The summed E-state index contributed by atoms with van der Waals surface area (Å²) in [4.78, 5) is 14.8. The van der Waals surface area contributed by atoms with Gasteiger partial charge in [-0.05, 0) is 47.9 Å². The lowest BCUT2D eigenvalue weighted by Crippen LogP contribution is -2.36. The molecule has 2 heteroatoms. The van der Waals surface area contributed by atoms with E-state index in [1.54, 1.807) is 0 Å². The lowest BCUT2D eigenvalue weighted by Gasteiger charge is -2.25. The summed E-state index contributed by atoms with van der Waals surface area (Å²) in [6.45, 7) is 7.58. The van der Waals surface area contributed by atoms with Crippen LogP contribution in [0.3, 0.4) is 0 Å². The van der Waals surface area contributed by atoms with Crippen LogP contribution in [0, 0.1) is 0 Å². The van der Waals surface area contributed by atoms with Crippen LogP contribution in [0.5, 0.6) is 0 Å². The van der Waals surface area contributed by atoms with Crippen molar-refractivity contribution in [2.24, 2.45) is 0 Å².